The molecule has 0 radical (unpaired) electrons. The van der Waals surface area contributed by atoms with E-state index >= 15 is 0 Å². The smallest absolute Gasteiger partial charge is 0.0654 e. The number of benzene rings is 4. The van der Waals surface area contributed by atoms with Gasteiger partial charge in [0.05, 0.1) is 6.16 Å². The van der Waals surface area contributed by atoms with Gasteiger partial charge in [0.1, 0.15) is 23.2 Å². The number of hydrogen-bond donors (Lipinski definition) is 0. The van der Waals surface area contributed by atoms with Crippen molar-refractivity contribution in [1.29, 1.82) is 0 Å². The lowest BCUT2D eigenvalue weighted by Crippen LogP contribution is -2.34. The molecule has 42 heavy (non-hydrogen) atoms. The van der Waals surface area contributed by atoms with Crippen LogP contribution >= 0.6 is 7.26 Å². The molecule has 4 rings (SSSR count). The highest BCUT2D eigenvalue weighted by Gasteiger charge is 2.46. The average molecular weight is 578 g/mol. The summed E-state index contributed by atoms with van der Waals surface area (Å²) in [6, 6.07) is 43.3. The molecule has 0 bridgehead atoms. The van der Waals surface area contributed by atoms with Gasteiger partial charge in [-0.2, -0.15) is 0 Å². The number of aryl methyl sites for hydroxylation is 1. The lowest BCUT2D eigenvalue weighted by Gasteiger charge is -2.29. The highest BCUT2D eigenvalue weighted by molar-refractivity contribution is 7.95. The molecule has 0 unspecified atom stereocenters. The van der Waals surface area contributed by atoms with Crippen LogP contribution in [0.1, 0.15) is 108 Å². The Hall–Kier alpha value is -2.69. The minimum Gasteiger partial charge on any atom is -0.0654 e. The first-order chi connectivity index (χ1) is 20.8. The fourth-order valence-electron chi connectivity index (χ4n) is 6.52. The predicted molar refractivity (Wildman–Crippen MR) is 189 cm³/mol. The molecule has 0 aliphatic heterocycles. The quantitative estimate of drug-likeness (QED) is 0.0724. The van der Waals surface area contributed by atoms with Gasteiger partial charge >= 0.3 is 0 Å². The molecule has 0 nitrogen and oxygen atoms in total. The number of rotatable bonds is 20. The highest BCUT2D eigenvalue weighted by atomic mass is 31.2. The summed E-state index contributed by atoms with van der Waals surface area (Å²) in [6.07, 6.45) is 21.9. The predicted octanol–water partition coefficient (Wildman–Crippen LogP) is 11.2. The third kappa shape index (κ3) is 9.67. The molecule has 0 fully saturated rings. The van der Waals surface area contributed by atoms with Crippen LogP contribution in [-0.4, -0.2) is 0 Å². The van der Waals surface area contributed by atoms with Gasteiger partial charge in [-0.3, -0.25) is 0 Å². The van der Waals surface area contributed by atoms with E-state index in [9.17, 15) is 0 Å². The van der Waals surface area contributed by atoms with E-state index in [0.29, 0.717) is 0 Å². The second kappa shape index (κ2) is 18.8. The van der Waals surface area contributed by atoms with Crippen molar-refractivity contribution in [3.05, 3.63) is 126 Å². The minimum absolute atomic E-state index is 1.05. The van der Waals surface area contributed by atoms with Gasteiger partial charge in [-0.1, -0.05) is 175 Å². The van der Waals surface area contributed by atoms with Gasteiger partial charge in [0, 0.05) is 0 Å². The Morgan fingerprint density at radius 1 is 0.405 bits per heavy atom. The normalized spacial score (nSPS) is 11.5. The first kappa shape index (κ1) is 32.2. The van der Waals surface area contributed by atoms with Crippen molar-refractivity contribution in [2.24, 2.45) is 0 Å². The molecule has 0 N–H and O–H groups in total. The van der Waals surface area contributed by atoms with Gasteiger partial charge in [0.15, 0.2) is 0 Å². The third-order valence-electron chi connectivity index (χ3n) is 8.86. The summed E-state index contributed by atoms with van der Waals surface area (Å²) in [5.41, 5.74) is 2.97. The maximum atomic E-state index is 2.45. The summed E-state index contributed by atoms with van der Waals surface area (Å²) in [4.78, 5) is 0. The van der Waals surface area contributed by atoms with Crippen LogP contribution in [0.4, 0.5) is 0 Å². The topological polar surface area (TPSA) is 0 Å². The van der Waals surface area contributed by atoms with E-state index in [-0.39, 0.29) is 0 Å². The van der Waals surface area contributed by atoms with Gasteiger partial charge in [-0.25, -0.2) is 0 Å². The van der Waals surface area contributed by atoms with Crippen LogP contribution in [0.25, 0.3) is 0 Å². The molecule has 0 saturated heterocycles. The fraction of sp³-hybridized carbons (Fsp3) is 0.415. The molecule has 0 aromatic heterocycles. The van der Waals surface area contributed by atoms with E-state index in [1.807, 2.05) is 0 Å². The van der Waals surface area contributed by atoms with Gasteiger partial charge in [-0.05, 0) is 54.3 Å². The summed E-state index contributed by atoms with van der Waals surface area (Å²) < 4.78 is 0. The van der Waals surface area contributed by atoms with Gasteiger partial charge in [0.2, 0.25) is 0 Å². The summed E-state index contributed by atoms with van der Waals surface area (Å²) in [7, 11) is -1.90. The van der Waals surface area contributed by atoms with Crippen molar-refractivity contribution in [3.8, 4) is 0 Å². The molecule has 0 aliphatic carbocycles. The fourth-order valence-corrected chi connectivity index (χ4v) is 11.0. The SMILES string of the molecule is CCCCCCCCCCCCCCCCc1ccccc1[P+](Cc1ccccc1)(c1ccccc1)c1ccccc1. The largest absolute Gasteiger partial charge is 0.116 e. The first-order valence-electron chi connectivity index (χ1n) is 17.0. The van der Waals surface area contributed by atoms with Crippen LogP contribution in [0.5, 0.6) is 0 Å². The van der Waals surface area contributed by atoms with Crippen molar-refractivity contribution in [1.82, 2.24) is 0 Å². The molecular weight excluding hydrogens is 523 g/mol. The Morgan fingerprint density at radius 2 is 0.810 bits per heavy atom. The molecule has 0 aliphatic rings. The number of unbranched alkanes of at least 4 members (excludes halogenated alkanes) is 13. The molecule has 0 atom stereocenters. The van der Waals surface area contributed by atoms with Gasteiger partial charge in [0.25, 0.3) is 0 Å². The van der Waals surface area contributed by atoms with E-state index in [1.165, 1.54) is 112 Å². The second-order valence-corrected chi connectivity index (χ2v) is 15.5. The maximum absolute atomic E-state index is 2.45. The Morgan fingerprint density at radius 3 is 1.31 bits per heavy atom. The molecule has 0 amide bonds. The molecule has 0 saturated carbocycles. The van der Waals surface area contributed by atoms with E-state index in [1.54, 1.807) is 10.9 Å². The molecule has 0 heterocycles. The molecule has 4 aromatic carbocycles. The van der Waals surface area contributed by atoms with Crippen molar-refractivity contribution in [2.75, 3.05) is 0 Å². The van der Waals surface area contributed by atoms with Crippen LogP contribution in [0.2, 0.25) is 0 Å². The van der Waals surface area contributed by atoms with E-state index in [2.05, 4.69) is 122 Å². The molecular formula is C41H54P+. The molecule has 222 valence electrons. The molecule has 0 spiro atoms. The zero-order valence-electron chi connectivity index (χ0n) is 26.2. The van der Waals surface area contributed by atoms with Crippen molar-refractivity contribution in [2.45, 2.75) is 109 Å². The van der Waals surface area contributed by atoms with E-state index < -0.39 is 7.26 Å². The Kier molecular flexibility index (Phi) is 14.4. The summed E-state index contributed by atoms with van der Waals surface area (Å²) in [6.45, 7) is 2.30. The average Bonchev–Trinajstić information content (AvgIpc) is 3.05. The molecule has 4 aromatic rings. The minimum atomic E-state index is -1.90. The van der Waals surface area contributed by atoms with Crippen LogP contribution in [0, 0.1) is 0 Å². The van der Waals surface area contributed by atoms with Gasteiger partial charge in [-0.15, -0.1) is 0 Å². The number of hydrogen-bond acceptors (Lipinski definition) is 0. The van der Waals surface area contributed by atoms with Gasteiger partial charge < -0.3 is 0 Å². The van der Waals surface area contributed by atoms with E-state index in [0.717, 1.165) is 6.16 Å². The van der Waals surface area contributed by atoms with Crippen LogP contribution in [0.15, 0.2) is 115 Å². The molecule has 1 heteroatoms. The van der Waals surface area contributed by atoms with Crippen molar-refractivity contribution >= 4 is 23.2 Å². The summed E-state index contributed by atoms with van der Waals surface area (Å²) in [5.74, 6) is 0. The Labute approximate surface area is 258 Å². The third-order valence-corrected chi connectivity index (χ3v) is 13.3. The zero-order valence-corrected chi connectivity index (χ0v) is 27.1. The van der Waals surface area contributed by atoms with Crippen molar-refractivity contribution in [3.63, 3.8) is 0 Å². The van der Waals surface area contributed by atoms with E-state index in [4.69, 9.17) is 0 Å². The summed E-state index contributed by atoms with van der Waals surface area (Å²) >= 11 is 0. The van der Waals surface area contributed by atoms with Crippen LogP contribution in [0.3, 0.4) is 0 Å². The maximum Gasteiger partial charge on any atom is 0.116 e. The second-order valence-electron chi connectivity index (χ2n) is 12.1. The summed E-state index contributed by atoms with van der Waals surface area (Å²) in [5, 5.41) is 4.53. The van der Waals surface area contributed by atoms with Crippen molar-refractivity contribution < 1.29 is 0 Å². The lowest BCUT2D eigenvalue weighted by molar-refractivity contribution is 0.535. The van der Waals surface area contributed by atoms with Crippen LogP contribution in [-0.2, 0) is 12.6 Å². The monoisotopic (exact) mass is 577 g/mol. The standard InChI is InChI=1S/C41H54P/c1-2-3-4-5-6-7-8-9-10-11-12-13-14-20-29-38-30-25-26-35-41(38)42(39-31-21-16-22-32-39,40-33-23-17-24-34-40)36-37-27-18-15-19-28-37/h15-19,21-28,30-35H,2-14,20,29,36H2,1H3/q+1. The Balaban J connectivity index is 1.40. The zero-order chi connectivity index (χ0) is 29.1. The lowest BCUT2D eigenvalue weighted by atomic mass is 10.0. The Bertz CT molecular complexity index is 1190. The first-order valence-corrected chi connectivity index (χ1v) is 18.9. The van der Waals surface area contributed by atoms with Crippen LogP contribution < -0.4 is 15.9 Å². The highest BCUT2D eigenvalue weighted by Crippen LogP contribution is 2.58.